The number of aryl methyl sites for hydroxylation is 1. The third-order valence-electron chi connectivity index (χ3n) is 4.18. The summed E-state index contributed by atoms with van der Waals surface area (Å²) >= 11 is 3.39. The quantitative estimate of drug-likeness (QED) is 0.759. The minimum atomic E-state index is -1.13. The fourth-order valence-electron chi connectivity index (χ4n) is 2.73. The van der Waals surface area contributed by atoms with Gasteiger partial charge in [0.15, 0.2) is 0 Å². The molecule has 25 heavy (non-hydrogen) atoms. The van der Waals surface area contributed by atoms with Crippen LogP contribution in [-0.4, -0.2) is 52.3 Å². The predicted octanol–water partition coefficient (Wildman–Crippen LogP) is 1.56. The van der Waals surface area contributed by atoms with E-state index in [-0.39, 0.29) is 30.2 Å². The van der Waals surface area contributed by atoms with Crippen LogP contribution in [0.5, 0.6) is 5.75 Å². The lowest BCUT2D eigenvalue weighted by molar-refractivity contribution is -0.122. The van der Waals surface area contributed by atoms with Gasteiger partial charge >= 0.3 is 6.09 Å². The number of pyridine rings is 1. The van der Waals surface area contributed by atoms with Crippen LogP contribution in [0.15, 0.2) is 21.5 Å². The third kappa shape index (κ3) is 5.48. The molecule has 2 N–H and O–H groups in total. The van der Waals surface area contributed by atoms with Crippen molar-refractivity contribution in [3.05, 3.63) is 27.1 Å². The zero-order chi connectivity index (χ0) is 18.6. The summed E-state index contributed by atoms with van der Waals surface area (Å²) in [6.07, 6.45) is 3.52. The fraction of sp³-hybridized carbons (Fsp3) is 0.562. The molecule has 1 aliphatic carbocycles. The number of carboxylic acid groups (broad SMARTS) is 1. The van der Waals surface area contributed by atoms with Crippen LogP contribution in [0.2, 0.25) is 0 Å². The second kappa shape index (κ2) is 8.37. The molecular formula is C16H22BrN3O5. The van der Waals surface area contributed by atoms with Crippen LogP contribution in [0, 0.1) is 0 Å². The Bertz CT molecular complexity index is 698. The van der Waals surface area contributed by atoms with Crippen molar-refractivity contribution in [3.8, 4) is 5.75 Å². The number of halogens is 1. The first kappa shape index (κ1) is 19.3. The average Bonchev–Trinajstić information content (AvgIpc) is 2.54. The standard InChI is InChI=1S/C16H22BrN3O5/c1-19-8-12(17)13(7-15(19)22)25-11-5-3-10(4-6-11)18-14(21)9-20(2)16(23)24/h7-8,10-11H,3-6,9H2,1-2H3,(H,18,21)(H,23,24). The molecule has 1 heterocycles. The highest BCUT2D eigenvalue weighted by atomic mass is 79.9. The maximum atomic E-state index is 11.8. The summed E-state index contributed by atoms with van der Waals surface area (Å²) in [6, 6.07) is 1.47. The van der Waals surface area contributed by atoms with E-state index in [1.54, 1.807) is 13.2 Å². The summed E-state index contributed by atoms with van der Waals surface area (Å²) in [7, 11) is 3.03. The molecule has 2 rings (SSSR count). The molecule has 1 fully saturated rings. The number of nitrogens with one attached hydrogen (secondary N) is 1. The average molecular weight is 416 g/mol. The van der Waals surface area contributed by atoms with E-state index in [0.717, 1.165) is 35.1 Å². The summed E-state index contributed by atoms with van der Waals surface area (Å²) in [5.41, 5.74) is -0.137. The van der Waals surface area contributed by atoms with Gasteiger partial charge in [0, 0.05) is 32.4 Å². The van der Waals surface area contributed by atoms with Gasteiger partial charge in [-0.25, -0.2) is 4.79 Å². The van der Waals surface area contributed by atoms with Crippen molar-refractivity contribution in [1.29, 1.82) is 0 Å². The molecule has 0 saturated heterocycles. The van der Waals surface area contributed by atoms with Crippen molar-refractivity contribution in [2.24, 2.45) is 7.05 Å². The Morgan fingerprint density at radius 1 is 1.40 bits per heavy atom. The van der Waals surface area contributed by atoms with Crippen molar-refractivity contribution < 1.29 is 19.4 Å². The van der Waals surface area contributed by atoms with Crippen molar-refractivity contribution >= 4 is 27.9 Å². The zero-order valence-corrected chi connectivity index (χ0v) is 15.8. The Balaban J connectivity index is 1.82. The number of aromatic nitrogens is 1. The van der Waals surface area contributed by atoms with Crippen LogP contribution >= 0.6 is 15.9 Å². The Kier molecular flexibility index (Phi) is 6.46. The number of carbonyl (C=O) groups excluding carboxylic acids is 1. The molecule has 0 unspecified atom stereocenters. The third-order valence-corrected chi connectivity index (χ3v) is 4.78. The van der Waals surface area contributed by atoms with Crippen molar-refractivity contribution in [3.63, 3.8) is 0 Å². The Morgan fingerprint density at radius 3 is 2.64 bits per heavy atom. The van der Waals surface area contributed by atoms with Crippen molar-refractivity contribution in [2.45, 2.75) is 37.8 Å². The molecule has 1 aromatic rings. The highest BCUT2D eigenvalue weighted by molar-refractivity contribution is 9.10. The Labute approximate surface area is 153 Å². The molecule has 0 aliphatic heterocycles. The van der Waals surface area contributed by atoms with Crippen LogP contribution in [-0.2, 0) is 11.8 Å². The molecule has 0 radical (unpaired) electrons. The first-order valence-corrected chi connectivity index (χ1v) is 8.82. The molecule has 138 valence electrons. The zero-order valence-electron chi connectivity index (χ0n) is 14.2. The van der Waals surface area contributed by atoms with Crippen LogP contribution in [0.1, 0.15) is 25.7 Å². The van der Waals surface area contributed by atoms with E-state index < -0.39 is 6.09 Å². The Hall–Kier alpha value is -2.03. The smallest absolute Gasteiger partial charge is 0.407 e. The molecule has 1 aliphatic rings. The number of ether oxygens (including phenoxy) is 1. The van der Waals surface area contributed by atoms with Gasteiger partial charge in [0.1, 0.15) is 12.3 Å². The maximum Gasteiger partial charge on any atom is 0.407 e. The summed E-state index contributed by atoms with van der Waals surface area (Å²) in [5, 5.41) is 11.6. The monoisotopic (exact) mass is 415 g/mol. The topological polar surface area (TPSA) is 101 Å². The van der Waals surface area contributed by atoms with E-state index in [9.17, 15) is 14.4 Å². The van der Waals surface area contributed by atoms with Crippen molar-refractivity contribution in [1.82, 2.24) is 14.8 Å². The molecule has 1 saturated carbocycles. The summed E-state index contributed by atoms with van der Waals surface area (Å²) in [4.78, 5) is 35.2. The molecular weight excluding hydrogens is 394 g/mol. The minimum Gasteiger partial charge on any atom is -0.489 e. The second-order valence-corrected chi connectivity index (χ2v) is 7.09. The van der Waals surface area contributed by atoms with E-state index in [0.29, 0.717) is 5.75 Å². The lowest BCUT2D eigenvalue weighted by atomic mass is 9.93. The lowest BCUT2D eigenvalue weighted by Crippen LogP contribution is -2.44. The molecule has 8 nitrogen and oxygen atoms in total. The Morgan fingerprint density at radius 2 is 2.04 bits per heavy atom. The van der Waals surface area contributed by atoms with Crippen LogP contribution in [0.4, 0.5) is 4.79 Å². The van der Waals surface area contributed by atoms with Gasteiger partial charge in [-0.15, -0.1) is 0 Å². The van der Waals surface area contributed by atoms with E-state index in [1.165, 1.54) is 17.7 Å². The van der Waals surface area contributed by atoms with Gasteiger partial charge in [0.2, 0.25) is 5.91 Å². The van der Waals surface area contributed by atoms with Gasteiger partial charge in [-0.05, 0) is 41.6 Å². The van der Waals surface area contributed by atoms with Crippen LogP contribution in [0.3, 0.4) is 0 Å². The largest absolute Gasteiger partial charge is 0.489 e. The fourth-order valence-corrected chi connectivity index (χ4v) is 3.25. The number of hydrogen-bond acceptors (Lipinski definition) is 4. The van der Waals surface area contributed by atoms with Gasteiger partial charge in [0.05, 0.1) is 10.6 Å². The lowest BCUT2D eigenvalue weighted by Gasteiger charge is -2.30. The molecule has 0 aromatic carbocycles. The minimum absolute atomic E-state index is 0.0154. The number of nitrogens with zero attached hydrogens (tertiary/aromatic N) is 2. The molecule has 0 spiro atoms. The van der Waals surface area contributed by atoms with Gasteiger partial charge in [-0.1, -0.05) is 0 Å². The molecule has 2 amide bonds. The second-order valence-electron chi connectivity index (χ2n) is 6.23. The van der Waals surface area contributed by atoms with Crippen molar-refractivity contribution in [2.75, 3.05) is 13.6 Å². The van der Waals surface area contributed by atoms with E-state index in [4.69, 9.17) is 9.84 Å². The van der Waals surface area contributed by atoms with E-state index in [2.05, 4.69) is 21.2 Å². The van der Waals surface area contributed by atoms with Gasteiger partial charge < -0.3 is 24.6 Å². The summed E-state index contributed by atoms with van der Waals surface area (Å²) in [6.45, 7) is -0.175. The molecule has 9 heteroatoms. The van der Waals surface area contributed by atoms with Gasteiger partial charge in [-0.2, -0.15) is 0 Å². The predicted molar refractivity (Wildman–Crippen MR) is 94.9 cm³/mol. The highest BCUT2D eigenvalue weighted by Crippen LogP contribution is 2.28. The molecule has 0 bridgehead atoms. The number of carbonyl (C=O) groups is 2. The van der Waals surface area contributed by atoms with Crippen LogP contribution < -0.4 is 15.6 Å². The number of likely N-dealkylation sites (N-methyl/N-ethyl adjacent to an activating group) is 1. The molecule has 1 aromatic heterocycles. The van der Waals surface area contributed by atoms with Gasteiger partial charge in [-0.3, -0.25) is 9.59 Å². The number of hydrogen-bond donors (Lipinski definition) is 2. The van der Waals surface area contributed by atoms with Crippen LogP contribution in [0.25, 0.3) is 0 Å². The summed E-state index contributed by atoms with van der Waals surface area (Å²) < 4.78 is 8.11. The van der Waals surface area contributed by atoms with Gasteiger partial charge in [0.25, 0.3) is 5.56 Å². The van der Waals surface area contributed by atoms with E-state index >= 15 is 0 Å². The maximum absolute atomic E-state index is 11.8. The number of rotatable bonds is 5. The van der Waals surface area contributed by atoms with E-state index in [1.807, 2.05) is 0 Å². The summed E-state index contributed by atoms with van der Waals surface area (Å²) in [5.74, 6) is 0.224. The SMILES string of the molecule is CN(CC(=O)NC1CCC(Oc2cc(=O)n(C)cc2Br)CC1)C(=O)O. The molecule has 0 atom stereocenters. The highest BCUT2D eigenvalue weighted by Gasteiger charge is 2.25. The first-order chi connectivity index (χ1) is 11.8. The first-order valence-electron chi connectivity index (χ1n) is 8.02. The number of amides is 2. The normalized spacial score (nSPS) is 20.0.